The van der Waals surface area contributed by atoms with Crippen LogP contribution in [0.2, 0.25) is 5.28 Å². The predicted molar refractivity (Wildman–Crippen MR) is 76.5 cm³/mol. The molecular formula is C15H10ClFN2O. The Morgan fingerprint density at radius 2 is 2.00 bits per heavy atom. The van der Waals surface area contributed by atoms with Crippen LogP contribution in [0.4, 0.5) is 4.39 Å². The van der Waals surface area contributed by atoms with E-state index in [9.17, 15) is 4.39 Å². The monoisotopic (exact) mass is 288 g/mol. The van der Waals surface area contributed by atoms with E-state index in [2.05, 4.69) is 9.97 Å². The second-order valence-electron chi connectivity index (χ2n) is 4.23. The summed E-state index contributed by atoms with van der Waals surface area (Å²) in [5, 5.41) is 0.985. The minimum absolute atomic E-state index is 0.153. The predicted octanol–water partition coefficient (Wildman–Crippen LogP) is 4.10. The van der Waals surface area contributed by atoms with Crippen LogP contribution in [0.15, 0.2) is 42.6 Å². The van der Waals surface area contributed by atoms with Gasteiger partial charge in [-0.3, -0.25) is 0 Å². The number of ether oxygens (including phenoxy) is 1. The summed E-state index contributed by atoms with van der Waals surface area (Å²) in [6.45, 7) is 0. The van der Waals surface area contributed by atoms with Crippen LogP contribution in [0.1, 0.15) is 0 Å². The molecule has 0 N–H and O–H groups in total. The summed E-state index contributed by atoms with van der Waals surface area (Å²) in [6, 6.07) is 9.95. The Labute approximate surface area is 120 Å². The lowest BCUT2D eigenvalue weighted by Crippen LogP contribution is -1.92. The number of hydrogen-bond acceptors (Lipinski definition) is 3. The fourth-order valence-corrected chi connectivity index (χ4v) is 2.28. The standard InChI is InChI=1S/C15H10ClFN2O/c1-20-13-6-5-10(17)7-12(13)11-4-2-3-9-8-18-15(16)19-14(9)11/h2-8H,1H3. The summed E-state index contributed by atoms with van der Waals surface area (Å²) in [4.78, 5) is 8.18. The largest absolute Gasteiger partial charge is 0.496 e. The molecule has 0 saturated heterocycles. The number of nitrogens with zero attached hydrogens (tertiary/aromatic N) is 2. The lowest BCUT2D eigenvalue weighted by atomic mass is 10.0. The Morgan fingerprint density at radius 1 is 1.15 bits per heavy atom. The third kappa shape index (κ3) is 2.18. The van der Waals surface area contributed by atoms with E-state index in [0.717, 1.165) is 10.9 Å². The van der Waals surface area contributed by atoms with Crippen molar-refractivity contribution in [2.45, 2.75) is 0 Å². The van der Waals surface area contributed by atoms with Gasteiger partial charge in [0.2, 0.25) is 5.28 Å². The number of aromatic nitrogens is 2. The fraction of sp³-hybridized carbons (Fsp3) is 0.0667. The first-order valence-corrected chi connectivity index (χ1v) is 6.32. The lowest BCUT2D eigenvalue weighted by molar-refractivity contribution is 0.415. The highest BCUT2D eigenvalue weighted by Gasteiger charge is 2.12. The van der Waals surface area contributed by atoms with Gasteiger partial charge in [0.1, 0.15) is 11.6 Å². The Bertz CT molecular complexity index is 792. The van der Waals surface area contributed by atoms with E-state index < -0.39 is 0 Å². The molecule has 20 heavy (non-hydrogen) atoms. The van der Waals surface area contributed by atoms with Gasteiger partial charge in [-0.1, -0.05) is 18.2 Å². The summed E-state index contributed by atoms with van der Waals surface area (Å²) in [7, 11) is 1.55. The molecule has 100 valence electrons. The van der Waals surface area contributed by atoms with E-state index in [1.54, 1.807) is 19.4 Å². The van der Waals surface area contributed by atoms with Crippen molar-refractivity contribution in [3.05, 3.63) is 53.7 Å². The van der Waals surface area contributed by atoms with Crippen molar-refractivity contribution in [2.24, 2.45) is 0 Å². The van der Waals surface area contributed by atoms with E-state index in [1.807, 2.05) is 18.2 Å². The van der Waals surface area contributed by atoms with Crippen LogP contribution >= 0.6 is 11.6 Å². The first kappa shape index (κ1) is 12.8. The minimum atomic E-state index is -0.335. The molecule has 2 aromatic carbocycles. The maximum absolute atomic E-state index is 13.5. The average Bonchev–Trinajstić information content (AvgIpc) is 2.46. The van der Waals surface area contributed by atoms with Gasteiger partial charge in [0.05, 0.1) is 12.6 Å². The van der Waals surface area contributed by atoms with E-state index in [4.69, 9.17) is 16.3 Å². The highest BCUT2D eigenvalue weighted by molar-refractivity contribution is 6.28. The summed E-state index contributed by atoms with van der Waals surface area (Å²) in [5.74, 6) is 0.242. The Kier molecular flexibility index (Phi) is 3.24. The molecule has 0 aliphatic heterocycles. The lowest BCUT2D eigenvalue weighted by Gasteiger charge is -2.10. The molecule has 5 heteroatoms. The molecule has 3 rings (SSSR count). The van der Waals surface area contributed by atoms with E-state index in [1.165, 1.54) is 12.1 Å². The first-order valence-electron chi connectivity index (χ1n) is 5.94. The number of para-hydroxylation sites is 1. The van der Waals surface area contributed by atoms with Crippen LogP contribution in [0, 0.1) is 5.82 Å². The molecule has 1 aromatic heterocycles. The summed E-state index contributed by atoms with van der Waals surface area (Å²) >= 11 is 5.86. The SMILES string of the molecule is COc1ccc(F)cc1-c1cccc2cnc(Cl)nc12. The van der Waals surface area contributed by atoms with Gasteiger partial charge in [-0.05, 0) is 29.8 Å². The molecule has 0 saturated carbocycles. The molecule has 1 heterocycles. The molecule has 0 spiro atoms. The second kappa shape index (κ2) is 5.06. The Balaban J connectivity index is 2.34. The van der Waals surface area contributed by atoms with Crippen molar-refractivity contribution in [2.75, 3.05) is 7.11 Å². The van der Waals surface area contributed by atoms with Gasteiger partial charge in [-0.15, -0.1) is 0 Å². The molecule has 0 bridgehead atoms. The van der Waals surface area contributed by atoms with E-state index in [0.29, 0.717) is 16.8 Å². The Morgan fingerprint density at radius 3 is 2.80 bits per heavy atom. The molecule has 0 atom stereocenters. The molecule has 0 radical (unpaired) electrons. The first-order chi connectivity index (χ1) is 9.69. The van der Waals surface area contributed by atoms with Crippen molar-refractivity contribution >= 4 is 22.5 Å². The van der Waals surface area contributed by atoms with Gasteiger partial charge in [0.25, 0.3) is 0 Å². The number of halogens is 2. The number of fused-ring (bicyclic) bond motifs is 1. The quantitative estimate of drug-likeness (QED) is 0.666. The van der Waals surface area contributed by atoms with Crippen LogP contribution in [-0.2, 0) is 0 Å². The van der Waals surface area contributed by atoms with Gasteiger partial charge in [0.15, 0.2) is 0 Å². The smallest absolute Gasteiger partial charge is 0.222 e. The normalized spacial score (nSPS) is 10.8. The molecule has 0 amide bonds. The topological polar surface area (TPSA) is 35.0 Å². The van der Waals surface area contributed by atoms with Crippen molar-refractivity contribution in [3.8, 4) is 16.9 Å². The van der Waals surface area contributed by atoms with E-state index in [-0.39, 0.29) is 11.1 Å². The van der Waals surface area contributed by atoms with E-state index >= 15 is 0 Å². The molecule has 3 aromatic rings. The summed E-state index contributed by atoms with van der Waals surface area (Å²) < 4.78 is 18.8. The average molecular weight is 289 g/mol. The molecule has 0 aliphatic carbocycles. The molecule has 0 fully saturated rings. The highest BCUT2D eigenvalue weighted by atomic mass is 35.5. The third-order valence-electron chi connectivity index (χ3n) is 3.03. The van der Waals surface area contributed by atoms with Gasteiger partial charge < -0.3 is 4.74 Å². The van der Waals surface area contributed by atoms with Gasteiger partial charge >= 0.3 is 0 Å². The molecule has 0 aliphatic rings. The number of benzene rings is 2. The maximum Gasteiger partial charge on any atom is 0.222 e. The zero-order valence-electron chi connectivity index (χ0n) is 10.6. The molecule has 3 nitrogen and oxygen atoms in total. The molecular weight excluding hydrogens is 279 g/mol. The summed E-state index contributed by atoms with van der Waals surface area (Å²) in [6.07, 6.45) is 1.64. The maximum atomic E-state index is 13.5. The summed E-state index contributed by atoms with van der Waals surface area (Å²) in [5.41, 5.74) is 2.05. The zero-order valence-corrected chi connectivity index (χ0v) is 11.4. The van der Waals surface area contributed by atoms with Crippen molar-refractivity contribution in [1.29, 1.82) is 0 Å². The fourth-order valence-electron chi connectivity index (χ4n) is 2.14. The highest BCUT2D eigenvalue weighted by Crippen LogP contribution is 2.34. The zero-order chi connectivity index (χ0) is 14.1. The van der Waals surface area contributed by atoms with Gasteiger partial charge in [-0.2, -0.15) is 0 Å². The van der Waals surface area contributed by atoms with Crippen LogP contribution in [0.25, 0.3) is 22.0 Å². The number of rotatable bonds is 2. The van der Waals surface area contributed by atoms with Crippen LogP contribution < -0.4 is 4.74 Å². The van der Waals surface area contributed by atoms with Crippen molar-refractivity contribution in [1.82, 2.24) is 9.97 Å². The van der Waals surface area contributed by atoms with Crippen molar-refractivity contribution < 1.29 is 9.13 Å². The van der Waals surface area contributed by atoms with Gasteiger partial charge in [-0.25, -0.2) is 14.4 Å². The van der Waals surface area contributed by atoms with Crippen LogP contribution in [0.3, 0.4) is 0 Å². The number of hydrogen-bond donors (Lipinski definition) is 0. The number of methoxy groups -OCH3 is 1. The minimum Gasteiger partial charge on any atom is -0.496 e. The molecule has 0 unspecified atom stereocenters. The van der Waals surface area contributed by atoms with Crippen LogP contribution in [0.5, 0.6) is 5.75 Å². The Hall–Kier alpha value is -2.20. The van der Waals surface area contributed by atoms with Gasteiger partial charge in [0, 0.05) is 22.7 Å². The second-order valence-corrected chi connectivity index (χ2v) is 4.57. The third-order valence-corrected chi connectivity index (χ3v) is 3.22. The van der Waals surface area contributed by atoms with Crippen LogP contribution in [-0.4, -0.2) is 17.1 Å². The van der Waals surface area contributed by atoms with Crippen molar-refractivity contribution in [3.63, 3.8) is 0 Å².